The molecule has 104 valence electrons. The summed E-state index contributed by atoms with van der Waals surface area (Å²) in [5.74, 6) is -14.3. The fourth-order valence-corrected chi connectivity index (χ4v) is 1.23. The van der Waals surface area contributed by atoms with E-state index in [2.05, 4.69) is 14.7 Å². The van der Waals surface area contributed by atoms with E-state index in [0.717, 1.165) is 18.7 Å². The Morgan fingerprint density at radius 3 is 1.80 bits per heavy atom. The summed E-state index contributed by atoms with van der Waals surface area (Å²) in [5, 5.41) is 0. The molecule has 9 heteroatoms. The van der Waals surface area contributed by atoms with Gasteiger partial charge in [0.05, 0.1) is 5.56 Å². The molecule has 1 aromatic carbocycles. The van der Waals surface area contributed by atoms with Crippen LogP contribution in [0.25, 0.3) is 0 Å². The summed E-state index contributed by atoms with van der Waals surface area (Å²) in [6, 6.07) is 0. The number of esters is 1. The van der Waals surface area contributed by atoms with E-state index in [1.54, 1.807) is 0 Å². The number of aromatic nitrogens is 2. The molecule has 1 aromatic heterocycles. The van der Waals surface area contributed by atoms with Crippen LogP contribution in [0.3, 0.4) is 0 Å². The quantitative estimate of drug-likeness (QED) is 0.280. The molecular weight excluding hydrogens is 287 g/mol. The minimum Gasteiger partial charge on any atom is -0.416 e. The summed E-state index contributed by atoms with van der Waals surface area (Å²) < 4.78 is 69.2. The predicted octanol–water partition coefficient (Wildman–Crippen LogP) is 2.39. The van der Waals surface area contributed by atoms with Crippen molar-refractivity contribution in [2.24, 2.45) is 0 Å². The molecule has 0 unspecified atom stereocenters. The first-order valence-electron chi connectivity index (χ1n) is 4.92. The van der Waals surface area contributed by atoms with E-state index in [4.69, 9.17) is 0 Å². The molecule has 0 aliphatic carbocycles. The van der Waals surface area contributed by atoms with Crippen molar-refractivity contribution in [3.63, 3.8) is 0 Å². The van der Waals surface area contributed by atoms with Crippen molar-refractivity contribution >= 4 is 5.97 Å². The molecule has 0 bridgehead atoms. The Balaban J connectivity index is 2.43. The van der Waals surface area contributed by atoms with Gasteiger partial charge in [-0.3, -0.25) is 0 Å². The van der Waals surface area contributed by atoms with Crippen LogP contribution in [0.5, 0.6) is 5.75 Å². The molecule has 0 saturated heterocycles. The molecule has 20 heavy (non-hydrogen) atoms. The van der Waals surface area contributed by atoms with E-state index in [1.807, 2.05) is 0 Å². The van der Waals surface area contributed by atoms with E-state index in [1.165, 1.54) is 0 Å². The van der Waals surface area contributed by atoms with Gasteiger partial charge in [-0.25, -0.2) is 27.9 Å². The van der Waals surface area contributed by atoms with Crippen LogP contribution < -0.4 is 4.74 Å². The normalized spacial score (nSPS) is 10.4. The van der Waals surface area contributed by atoms with Crippen LogP contribution >= 0.6 is 0 Å². The molecule has 0 fully saturated rings. The van der Waals surface area contributed by atoms with Gasteiger partial charge < -0.3 is 4.74 Å². The minimum atomic E-state index is -2.34. The number of hydrogen-bond acceptors (Lipinski definition) is 4. The molecule has 1 heterocycles. The fourth-order valence-electron chi connectivity index (χ4n) is 1.23. The Labute approximate surface area is 107 Å². The molecular formula is C11H3F5N2O2. The Morgan fingerprint density at radius 1 is 0.850 bits per heavy atom. The highest BCUT2D eigenvalue weighted by atomic mass is 19.2. The number of halogens is 5. The first kappa shape index (κ1) is 13.8. The highest BCUT2D eigenvalue weighted by Crippen LogP contribution is 2.29. The van der Waals surface area contributed by atoms with Crippen LogP contribution in [0.4, 0.5) is 22.0 Å². The Morgan fingerprint density at radius 2 is 1.30 bits per heavy atom. The Hall–Kier alpha value is -2.58. The van der Waals surface area contributed by atoms with Crippen LogP contribution in [-0.2, 0) is 0 Å². The monoisotopic (exact) mass is 290 g/mol. The van der Waals surface area contributed by atoms with Crippen LogP contribution in [-0.4, -0.2) is 15.9 Å². The lowest BCUT2D eigenvalue weighted by Gasteiger charge is -2.08. The van der Waals surface area contributed by atoms with Crippen molar-refractivity contribution < 1.29 is 31.5 Å². The second-order valence-electron chi connectivity index (χ2n) is 3.42. The summed E-state index contributed by atoms with van der Waals surface area (Å²) in [6.45, 7) is 0. The zero-order valence-electron chi connectivity index (χ0n) is 9.33. The molecule has 0 aliphatic rings. The molecule has 0 atom stereocenters. The SMILES string of the molecule is O=C(Oc1c(F)c(F)c(F)c(F)c1F)c1cncnc1. The Bertz CT molecular complexity index is 649. The smallest absolute Gasteiger partial charge is 0.346 e. The summed E-state index contributed by atoms with van der Waals surface area (Å²) in [6.07, 6.45) is 2.96. The molecule has 0 N–H and O–H groups in total. The molecule has 0 spiro atoms. The maximum Gasteiger partial charge on any atom is 0.346 e. The summed E-state index contributed by atoms with van der Waals surface area (Å²) >= 11 is 0. The third kappa shape index (κ3) is 2.29. The first-order chi connectivity index (χ1) is 9.43. The average molecular weight is 290 g/mol. The summed E-state index contributed by atoms with van der Waals surface area (Å²) in [4.78, 5) is 18.3. The van der Waals surface area contributed by atoms with Crippen LogP contribution in [0.1, 0.15) is 10.4 Å². The molecule has 0 saturated carbocycles. The van der Waals surface area contributed by atoms with Gasteiger partial charge in [-0.1, -0.05) is 0 Å². The van der Waals surface area contributed by atoms with Gasteiger partial charge in [-0.15, -0.1) is 0 Å². The van der Waals surface area contributed by atoms with Gasteiger partial charge in [0.15, 0.2) is 0 Å². The van der Waals surface area contributed by atoms with Crippen molar-refractivity contribution in [3.05, 3.63) is 53.4 Å². The Kier molecular flexibility index (Phi) is 3.59. The van der Waals surface area contributed by atoms with E-state index >= 15 is 0 Å². The van der Waals surface area contributed by atoms with E-state index in [9.17, 15) is 26.7 Å². The maximum atomic E-state index is 13.2. The predicted molar refractivity (Wildman–Crippen MR) is 53.2 cm³/mol. The second kappa shape index (κ2) is 5.19. The van der Waals surface area contributed by atoms with Gasteiger partial charge in [0, 0.05) is 12.4 Å². The number of carbonyl (C=O) groups is 1. The third-order valence-electron chi connectivity index (χ3n) is 2.16. The fraction of sp³-hybridized carbons (Fsp3) is 0. The van der Waals surface area contributed by atoms with Crippen molar-refractivity contribution in [1.29, 1.82) is 0 Å². The van der Waals surface area contributed by atoms with E-state index in [-0.39, 0.29) is 5.56 Å². The summed E-state index contributed by atoms with van der Waals surface area (Å²) in [7, 11) is 0. The largest absolute Gasteiger partial charge is 0.416 e. The molecule has 0 radical (unpaired) electrons. The van der Waals surface area contributed by atoms with Gasteiger partial charge in [0.1, 0.15) is 6.33 Å². The van der Waals surface area contributed by atoms with Crippen molar-refractivity contribution in [1.82, 2.24) is 9.97 Å². The van der Waals surface area contributed by atoms with Gasteiger partial charge in [0.25, 0.3) is 0 Å². The number of carbonyl (C=O) groups excluding carboxylic acids is 1. The maximum absolute atomic E-state index is 13.2. The van der Waals surface area contributed by atoms with Gasteiger partial charge in [-0.05, 0) is 0 Å². The minimum absolute atomic E-state index is 0.323. The number of benzene rings is 1. The molecule has 2 rings (SSSR count). The molecule has 2 aromatic rings. The average Bonchev–Trinajstić information content (AvgIpc) is 2.48. The standard InChI is InChI=1S/C11H3F5N2O2/c12-5-6(13)8(15)10(9(16)7(5)14)20-11(19)4-1-17-3-18-2-4/h1-3H. The van der Waals surface area contributed by atoms with Gasteiger partial charge in [-0.2, -0.15) is 8.78 Å². The number of ether oxygens (including phenoxy) is 1. The van der Waals surface area contributed by atoms with Gasteiger partial charge in [0.2, 0.25) is 34.8 Å². The van der Waals surface area contributed by atoms with Crippen LogP contribution in [0, 0.1) is 29.1 Å². The highest BCUT2D eigenvalue weighted by molar-refractivity contribution is 5.90. The molecule has 0 aliphatic heterocycles. The number of nitrogens with zero attached hydrogens (tertiary/aromatic N) is 2. The van der Waals surface area contributed by atoms with Crippen molar-refractivity contribution in [3.8, 4) is 5.75 Å². The molecule has 0 amide bonds. The topological polar surface area (TPSA) is 52.1 Å². The van der Waals surface area contributed by atoms with E-state index < -0.39 is 40.8 Å². The van der Waals surface area contributed by atoms with E-state index in [0.29, 0.717) is 0 Å². The first-order valence-corrected chi connectivity index (χ1v) is 4.92. The van der Waals surface area contributed by atoms with Crippen molar-refractivity contribution in [2.75, 3.05) is 0 Å². The third-order valence-corrected chi connectivity index (χ3v) is 2.16. The lowest BCUT2D eigenvalue weighted by molar-refractivity contribution is 0.0715. The van der Waals surface area contributed by atoms with Crippen LogP contribution in [0.2, 0.25) is 0 Å². The number of rotatable bonds is 2. The molecule has 4 nitrogen and oxygen atoms in total. The van der Waals surface area contributed by atoms with Gasteiger partial charge >= 0.3 is 5.97 Å². The van der Waals surface area contributed by atoms with Crippen molar-refractivity contribution in [2.45, 2.75) is 0 Å². The lowest BCUT2D eigenvalue weighted by Crippen LogP contribution is -2.14. The zero-order chi connectivity index (χ0) is 14.9. The second-order valence-corrected chi connectivity index (χ2v) is 3.42. The highest BCUT2D eigenvalue weighted by Gasteiger charge is 2.28. The summed E-state index contributed by atoms with van der Waals surface area (Å²) in [5.41, 5.74) is -0.323. The zero-order valence-corrected chi connectivity index (χ0v) is 9.33. The lowest BCUT2D eigenvalue weighted by atomic mass is 10.2. The van der Waals surface area contributed by atoms with Crippen LogP contribution in [0.15, 0.2) is 18.7 Å². The number of hydrogen-bond donors (Lipinski definition) is 0.